The summed E-state index contributed by atoms with van der Waals surface area (Å²) in [5.41, 5.74) is 1.61. The van der Waals surface area contributed by atoms with Crippen LogP contribution in [0.25, 0.3) is 0 Å². The van der Waals surface area contributed by atoms with Crippen molar-refractivity contribution in [1.29, 1.82) is 0 Å². The highest BCUT2D eigenvalue weighted by Gasteiger charge is 2.51. The number of halogens is 1. The Balaban J connectivity index is 0.00000109. The molecule has 140 valence electrons. The molecule has 2 N–H and O–H groups in total. The number of hydrogen-bond donors (Lipinski definition) is 2. The van der Waals surface area contributed by atoms with Crippen LogP contribution in [0.15, 0.2) is 10.5 Å². The Bertz CT molecular complexity index is 646. The van der Waals surface area contributed by atoms with Crippen LogP contribution in [-0.4, -0.2) is 30.6 Å². The lowest BCUT2D eigenvalue weighted by atomic mass is 9.56. The second kappa shape index (κ2) is 8.09. The third kappa shape index (κ3) is 3.45. The number of phenols is 1. The van der Waals surface area contributed by atoms with E-state index in [4.69, 9.17) is 4.74 Å². The molecule has 1 saturated heterocycles. The molecule has 0 bridgehead atoms. The Hall–Kier alpha value is -1.07. The summed E-state index contributed by atoms with van der Waals surface area (Å²) in [6.45, 7) is 9.06. The van der Waals surface area contributed by atoms with E-state index in [1.165, 1.54) is 0 Å². The van der Waals surface area contributed by atoms with Gasteiger partial charge in [-0.25, -0.2) is 0 Å². The maximum atomic E-state index is 12.3. The van der Waals surface area contributed by atoms with Gasteiger partial charge in [-0.3, -0.25) is 4.79 Å². The van der Waals surface area contributed by atoms with Gasteiger partial charge in [-0.1, -0.05) is 29.8 Å². The highest BCUT2D eigenvalue weighted by Crippen LogP contribution is 2.54. The number of ether oxygens (including phenoxy) is 1. The summed E-state index contributed by atoms with van der Waals surface area (Å²) in [6.07, 6.45) is 2.89. The molecule has 0 spiro atoms. The molecule has 1 aromatic rings. The Morgan fingerprint density at radius 1 is 1.40 bits per heavy atom. The Labute approximate surface area is 159 Å². The SMILES string of the molecule is CC.COc1cc(Br)c(C)c(C23CCNC(C)C2CCC(=O)C3)c1O. The van der Waals surface area contributed by atoms with Gasteiger partial charge in [0.1, 0.15) is 5.78 Å². The van der Waals surface area contributed by atoms with Crippen molar-refractivity contribution < 1.29 is 14.6 Å². The predicted molar refractivity (Wildman–Crippen MR) is 105 cm³/mol. The number of phenolic OH excluding ortho intramolecular Hbond substituents is 1. The van der Waals surface area contributed by atoms with Crippen molar-refractivity contribution in [2.24, 2.45) is 5.92 Å². The fourth-order valence-electron chi connectivity index (χ4n) is 4.71. The number of methoxy groups -OCH3 is 1. The van der Waals surface area contributed by atoms with Crippen molar-refractivity contribution in [3.8, 4) is 11.5 Å². The van der Waals surface area contributed by atoms with Gasteiger partial charge in [-0.2, -0.15) is 0 Å². The molecule has 1 aliphatic heterocycles. The van der Waals surface area contributed by atoms with E-state index in [-0.39, 0.29) is 11.2 Å². The second-order valence-corrected chi connectivity index (χ2v) is 7.77. The predicted octanol–water partition coefficient (Wildman–Crippen LogP) is 4.49. The van der Waals surface area contributed by atoms with E-state index in [0.717, 1.165) is 35.0 Å². The lowest BCUT2D eigenvalue weighted by molar-refractivity contribution is -0.124. The minimum absolute atomic E-state index is 0.196. The molecule has 1 heterocycles. The largest absolute Gasteiger partial charge is 0.504 e. The van der Waals surface area contributed by atoms with E-state index in [1.54, 1.807) is 13.2 Å². The molecule has 0 radical (unpaired) electrons. The summed E-state index contributed by atoms with van der Waals surface area (Å²) < 4.78 is 6.28. The van der Waals surface area contributed by atoms with Crippen LogP contribution in [0.3, 0.4) is 0 Å². The third-order valence-electron chi connectivity index (χ3n) is 5.78. The van der Waals surface area contributed by atoms with E-state index in [1.807, 2.05) is 20.8 Å². The van der Waals surface area contributed by atoms with Crippen LogP contribution in [0, 0.1) is 12.8 Å². The quantitative estimate of drug-likeness (QED) is 0.752. The van der Waals surface area contributed by atoms with E-state index in [2.05, 4.69) is 28.2 Å². The molecule has 3 rings (SSSR count). The average molecular weight is 412 g/mol. The van der Waals surface area contributed by atoms with Gasteiger partial charge >= 0.3 is 0 Å². The standard InChI is InChI=1S/C18H24BrNO3.C2H6/c1-10-14(19)8-15(23-3)17(22)16(10)18-6-7-20-11(2)13(18)5-4-12(21)9-18;1-2/h8,11,13,20,22H,4-7,9H2,1-3H3;1-2H3. The lowest BCUT2D eigenvalue weighted by Crippen LogP contribution is -2.56. The van der Waals surface area contributed by atoms with Gasteiger partial charge in [0.15, 0.2) is 11.5 Å². The first kappa shape index (κ1) is 20.2. The van der Waals surface area contributed by atoms with Crippen LogP contribution in [0.1, 0.15) is 57.6 Å². The number of piperidine rings is 1. The Morgan fingerprint density at radius 2 is 2.08 bits per heavy atom. The summed E-state index contributed by atoms with van der Waals surface area (Å²) in [5.74, 6) is 1.31. The van der Waals surface area contributed by atoms with Gasteiger partial charge in [0.25, 0.3) is 0 Å². The van der Waals surface area contributed by atoms with Crippen LogP contribution in [-0.2, 0) is 10.2 Å². The first-order chi connectivity index (χ1) is 11.9. The molecule has 2 aliphatic rings. The fraction of sp³-hybridized carbons (Fsp3) is 0.650. The molecule has 1 aliphatic carbocycles. The van der Waals surface area contributed by atoms with Gasteiger partial charge in [-0.15, -0.1) is 0 Å². The van der Waals surface area contributed by atoms with Crippen molar-refractivity contribution in [1.82, 2.24) is 5.32 Å². The van der Waals surface area contributed by atoms with Gasteiger partial charge < -0.3 is 15.2 Å². The Morgan fingerprint density at radius 3 is 2.72 bits per heavy atom. The van der Waals surface area contributed by atoms with E-state index >= 15 is 0 Å². The molecule has 3 unspecified atom stereocenters. The van der Waals surface area contributed by atoms with Crippen LogP contribution in [0.5, 0.6) is 11.5 Å². The van der Waals surface area contributed by atoms with Gasteiger partial charge in [0.2, 0.25) is 0 Å². The van der Waals surface area contributed by atoms with Crippen LogP contribution in [0.4, 0.5) is 0 Å². The zero-order valence-electron chi connectivity index (χ0n) is 15.9. The highest BCUT2D eigenvalue weighted by molar-refractivity contribution is 9.10. The number of rotatable bonds is 2. The molecule has 0 aromatic heterocycles. The first-order valence-corrected chi connectivity index (χ1v) is 10.0. The monoisotopic (exact) mass is 411 g/mol. The molecule has 0 amide bonds. The van der Waals surface area contributed by atoms with E-state index in [0.29, 0.717) is 36.3 Å². The van der Waals surface area contributed by atoms with Gasteiger partial charge in [0, 0.05) is 34.3 Å². The fourth-order valence-corrected chi connectivity index (χ4v) is 5.11. The van der Waals surface area contributed by atoms with Crippen molar-refractivity contribution >= 4 is 21.7 Å². The van der Waals surface area contributed by atoms with Crippen molar-refractivity contribution in [3.05, 3.63) is 21.7 Å². The number of carbonyl (C=O) groups is 1. The van der Waals surface area contributed by atoms with Crippen molar-refractivity contribution in [2.75, 3.05) is 13.7 Å². The number of ketones is 1. The maximum absolute atomic E-state index is 12.3. The van der Waals surface area contributed by atoms with Gasteiger partial charge in [-0.05, 0) is 50.8 Å². The molecule has 5 heteroatoms. The van der Waals surface area contributed by atoms with Crippen LogP contribution in [0.2, 0.25) is 0 Å². The molecular formula is C20H30BrNO3. The zero-order valence-corrected chi connectivity index (χ0v) is 17.5. The second-order valence-electron chi connectivity index (χ2n) is 6.92. The average Bonchev–Trinajstić information content (AvgIpc) is 2.60. The first-order valence-electron chi connectivity index (χ1n) is 9.22. The number of nitrogens with one attached hydrogen (secondary N) is 1. The van der Waals surface area contributed by atoms with E-state index < -0.39 is 0 Å². The number of benzene rings is 1. The molecule has 3 atom stereocenters. The smallest absolute Gasteiger partial charge is 0.161 e. The third-order valence-corrected chi connectivity index (χ3v) is 6.60. The minimum atomic E-state index is -0.300. The summed E-state index contributed by atoms with van der Waals surface area (Å²) in [4.78, 5) is 12.3. The minimum Gasteiger partial charge on any atom is -0.504 e. The highest BCUT2D eigenvalue weighted by atomic mass is 79.9. The normalized spacial score (nSPS) is 28.6. The summed E-state index contributed by atoms with van der Waals surface area (Å²) in [6, 6.07) is 2.13. The number of Topliss-reactive ketones (excluding diaryl/α,β-unsaturated/α-hetero) is 1. The van der Waals surface area contributed by atoms with Crippen LogP contribution >= 0.6 is 15.9 Å². The topological polar surface area (TPSA) is 58.6 Å². The molecular weight excluding hydrogens is 382 g/mol. The van der Waals surface area contributed by atoms with Crippen LogP contribution < -0.4 is 10.1 Å². The zero-order chi connectivity index (χ0) is 18.8. The van der Waals surface area contributed by atoms with Crippen molar-refractivity contribution in [2.45, 2.75) is 64.8 Å². The summed E-state index contributed by atoms with van der Waals surface area (Å²) >= 11 is 3.59. The molecule has 25 heavy (non-hydrogen) atoms. The Kier molecular flexibility index (Phi) is 6.55. The molecule has 1 saturated carbocycles. The van der Waals surface area contributed by atoms with E-state index in [9.17, 15) is 9.90 Å². The number of carbonyl (C=O) groups excluding carboxylic acids is 1. The number of hydrogen-bond acceptors (Lipinski definition) is 4. The summed E-state index contributed by atoms with van der Waals surface area (Å²) in [7, 11) is 1.56. The number of aromatic hydroxyl groups is 1. The van der Waals surface area contributed by atoms with Crippen molar-refractivity contribution in [3.63, 3.8) is 0 Å². The maximum Gasteiger partial charge on any atom is 0.161 e. The lowest BCUT2D eigenvalue weighted by Gasteiger charge is -2.51. The summed E-state index contributed by atoms with van der Waals surface area (Å²) in [5, 5.41) is 14.4. The molecule has 2 fully saturated rings. The van der Waals surface area contributed by atoms with Gasteiger partial charge in [0.05, 0.1) is 7.11 Å². The number of fused-ring (bicyclic) bond motifs is 1. The molecule has 4 nitrogen and oxygen atoms in total. The molecule has 1 aromatic carbocycles.